The maximum Gasteiger partial charge on any atom is 0.275 e. The molecule has 0 radical (unpaired) electrons. The maximum atomic E-state index is 12.2. The zero-order valence-electron chi connectivity index (χ0n) is 12.7. The van der Waals surface area contributed by atoms with Crippen molar-refractivity contribution in [3.63, 3.8) is 0 Å². The highest BCUT2D eigenvalue weighted by molar-refractivity contribution is 5.94. The number of para-hydroxylation sites is 1. The highest BCUT2D eigenvalue weighted by atomic mass is 16.3. The van der Waals surface area contributed by atoms with Crippen LogP contribution in [0.15, 0.2) is 60.8 Å². The normalized spacial score (nSPS) is 10.5. The molecule has 3 rings (SSSR count). The van der Waals surface area contributed by atoms with Gasteiger partial charge in [-0.15, -0.1) is 0 Å². The highest BCUT2D eigenvalue weighted by Gasteiger charge is 2.16. The number of amides is 1. The number of aromatic nitrogens is 2. The van der Waals surface area contributed by atoms with Gasteiger partial charge in [-0.2, -0.15) is 5.10 Å². The van der Waals surface area contributed by atoms with Crippen LogP contribution < -0.4 is 5.32 Å². The molecule has 0 spiro atoms. The van der Waals surface area contributed by atoms with Crippen LogP contribution in [0.2, 0.25) is 0 Å². The second-order valence-electron chi connectivity index (χ2n) is 5.25. The van der Waals surface area contributed by atoms with E-state index in [-0.39, 0.29) is 11.4 Å². The Morgan fingerprint density at radius 2 is 1.83 bits per heavy atom. The van der Waals surface area contributed by atoms with E-state index in [4.69, 9.17) is 0 Å². The first-order chi connectivity index (χ1) is 11.1. The number of carbonyl (C=O) groups excluding carboxylic acids is 1. The van der Waals surface area contributed by atoms with E-state index >= 15 is 0 Å². The summed E-state index contributed by atoms with van der Waals surface area (Å²) in [7, 11) is 0. The first-order valence-corrected chi connectivity index (χ1v) is 7.32. The average Bonchev–Trinajstić information content (AvgIpc) is 2.97. The van der Waals surface area contributed by atoms with Crippen LogP contribution in [0, 0.1) is 6.92 Å². The number of aryl methyl sites for hydroxylation is 1. The molecule has 23 heavy (non-hydrogen) atoms. The van der Waals surface area contributed by atoms with E-state index < -0.39 is 5.91 Å². The van der Waals surface area contributed by atoms with Crippen LogP contribution in [0.4, 0.5) is 0 Å². The van der Waals surface area contributed by atoms with E-state index in [2.05, 4.69) is 10.4 Å². The number of nitrogens with zero attached hydrogens (tertiary/aromatic N) is 2. The molecule has 5 heteroatoms. The van der Waals surface area contributed by atoms with Crippen LogP contribution >= 0.6 is 0 Å². The summed E-state index contributed by atoms with van der Waals surface area (Å²) in [4.78, 5) is 12.2. The molecular formula is C18H17N3O2. The summed E-state index contributed by atoms with van der Waals surface area (Å²) in [6.07, 6.45) is 1.43. The van der Waals surface area contributed by atoms with Gasteiger partial charge < -0.3 is 10.4 Å². The van der Waals surface area contributed by atoms with Crippen LogP contribution in [0.25, 0.3) is 5.69 Å². The summed E-state index contributed by atoms with van der Waals surface area (Å²) in [6.45, 7) is 2.38. The Hall–Kier alpha value is -3.08. The molecule has 0 aliphatic carbocycles. The lowest BCUT2D eigenvalue weighted by molar-refractivity contribution is 0.0943. The van der Waals surface area contributed by atoms with Crippen molar-refractivity contribution in [2.45, 2.75) is 13.5 Å². The van der Waals surface area contributed by atoms with Crippen molar-refractivity contribution in [1.82, 2.24) is 15.1 Å². The van der Waals surface area contributed by atoms with Gasteiger partial charge in [-0.1, -0.05) is 42.5 Å². The third kappa shape index (κ3) is 3.23. The van der Waals surface area contributed by atoms with E-state index in [1.165, 1.54) is 10.9 Å². The third-order valence-corrected chi connectivity index (χ3v) is 3.63. The Labute approximate surface area is 134 Å². The summed E-state index contributed by atoms with van der Waals surface area (Å²) in [6, 6.07) is 17.1. The Bertz CT molecular complexity index is 825. The van der Waals surface area contributed by atoms with Crippen LogP contribution in [-0.2, 0) is 6.54 Å². The fourth-order valence-electron chi connectivity index (χ4n) is 2.31. The molecule has 116 valence electrons. The van der Waals surface area contributed by atoms with Gasteiger partial charge >= 0.3 is 0 Å². The molecule has 1 heterocycles. The fraction of sp³-hybridized carbons (Fsp3) is 0.111. The number of carbonyl (C=O) groups is 1. The van der Waals surface area contributed by atoms with Crippen molar-refractivity contribution in [2.75, 3.05) is 0 Å². The predicted molar refractivity (Wildman–Crippen MR) is 87.6 cm³/mol. The monoisotopic (exact) mass is 307 g/mol. The molecule has 0 bridgehead atoms. The molecule has 0 aliphatic heterocycles. The van der Waals surface area contributed by atoms with Crippen LogP contribution in [0.5, 0.6) is 5.75 Å². The smallest absolute Gasteiger partial charge is 0.275 e. The minimum Gasteiger partial charge on any atom is -0.504 e. The van der Waals surface area contributed by atoms with Gasteiger partial charge in [0.15, 0.2) is 11.4 Å². The van der Waals surface area contributed by atoms with Gasteiger partial charge in [0.1, 0.15) is 0 Å². The number of aromatic hydroxyl groups is 1. The summed E-state index contributed by atoms with van der Waals surface area (Å²) in [5, 5.41) is 16.9. The molecule has 2 aromatic carbocycles. The summed E-state index contributed by atoms with van der Waals surface area (Å²) < 4.78 is 1.48. The molecule has 0 fully saturated rings. The van der Waals surface area contributed by atoms with Gasteiger partial charge in [0.2, 0.25) is 0 Å². The van der Waals surface area contributed by atoms with Gasteiger partial charge in [0.05, 0.1) is 11.9 Å². The van der Waals surface area contributed by atoms with Gasteiger partial charge in [0, 0.05) is 6.54 Å². The lowest BCUT2D eigenvalue weighted by Gasteiger charge is -2.06. The second-order valence-corrected chi connectivity index (χ2v) is 5.25. The van der Waals surface area contributed by atoms with E-state index in [9.17, 15) is 9.90 Å². The number of hydrogen-bond donors (Lipinski definition) is 2. The minimum absolute atomic E-state index is 0.0161. The highest BCUT2D eigenvalue weighted by Crippen LogP contribution is 2.18. The Balaban J connectivity index is 1.75. The second kappa shape index (κ2) is 6.36. The van der Waals surface area contributed by atoms with Crippen molar-refractivity contribution in [3.05, 3.63) is 77.6 Å². The molecule has 1 aromatic heterocycles. The van der Waals surface area contributed by atoms with Crippen LogP contribution in [-0.4, -0.2) is 20.8 Å². The predicted octanol–water partition coefficient (Wildman–Crippen LogP) is 2.82. The van der Waals surface area contributed by atoms with Gasteiger partial charge in [0.25, 0.3) is 5.91 Å². The van der Waals surface area contributed by atoms with E-state index in [1.54, 1.807) is 0 Å². The average molecular weight is 307 g/mol. The first-order valence-electron chi connectivity index (χ1n) is 7.32. The lowest BCUT2D eigenvalue weighted by atomic mass is 10.1. The topological polar surface area (TPSA) is 67.2 Å². The molecule has 0 unspecified atom stereocenters. The van der Waals surface area contributed by atoms with Crippen molar-refractivity contribution in [2.24, 2.45) is 0 Å². The van der Waals surface area contributed by atoms with Crippen molar-refractivity contribution >= 4 is 5.91 Å². The summed E-state index contributed by atoms with van der Waals surface area (Å²) >= 11 is 0. The van der Waals surface area contributed by atoms with Gasteiger partial charge in [-0.05, 0) is 30.2 Å². The number of nitrogens with one attached hydrogen (secondary N) is 1. The quantitative estimate of drug-likeness (QED) is 0.779. The molecular weight excluding hydrogens is 290 g/mol. The molecule has 0 atom stereocenters. The zero-order chi connectivity index (χ0) is 16.2. The Morgan fingerprint density at radius 1 is 1.13 bits per heavy atom. The van der Waals surface area contributed by atoms with Crippen LogP contribution in [0.3, 0.4) is 0 Å². The molecule has 5 nitrogen and oxygen atoms in total. The Kier molecular flexibility index (Phi) is 4.10. The molecule has 0 saturated carbocycles. The zero-order valence-corrected chi connectivity index (χ0v) is 12.7. The molecule has 2 N–H and O–H groups in total. The molecule has 0 saturated heterocycles. The van der Waals surface area contributed by atoms with Gasteiger partial charge in [-0.3, -0.25) is 4.79 Å². The fourth-order valence-corrected chi connectivity index (χ4v) is 2.31. The van der Waals surface area contributed by atoms with E-state index in [1.807, 2.05) is 61.5 Å². The molecule has 1 amide bonds. The van der Waals surface area contributed by atoms with Crippen molar-refractivity contribution in [1.29, 1.82) is 0 Å². The van der Waals surface area contributed by atoms with Crippen molar-refractivity contribution in [3.8, 4) is 11.4 Å². The maximum absolute atomic E-state index is 12.2. The minimum atomic E-state index is -0.402. The molecule has 3 aromatic rings. The molecule has 0 aliphatic rings. The standard InChI is InChI=1S/C18H17N3O2/c1-13-7-5-6-8-14(13)11-19-18(23)17-16(22)12-21(20-17)15-9-3-2-4-10-15/h2-10,12,22H,11H2,1H3,(H,19,23). The summed E-state index contributed by atoms with van der Waals surface area (Å²) in [5.41, 5.74) is 2.93. The largest absolute Gasteiger partial charge is 0.504 e. The van der Waals surface area contributed by atoms with Crippen LogP contribution in [0.1, 0.15) is 21.6 Å². The van der Waals surface area contributed by atoms with Gasteiger partial charge in [-0.25, -0.2) is 4.68 Å². The third-order valence-electron chi connectivity index (χ3n) is 3.63. The lowest BCUT2D eigenvalue weighted by Crippen LogP contribution is -2.24. The summed E-state index contributed by atoms with van der Waals surface area (Å²) in [5.74, 6) is -0.545. The van der Waals surface area contributed by atoms with E-state index in [0.29, 0.717) is 6.54 Å². The van der Waals surface area contributed by atoms with Crippen molar-refractivity contribution < 1.29 is 9.90 Å². The first kappa shape index (κ1) is 14.8. The van der Waals surface area contributed by atoms with E-state index in [0.717, 1.165) is 16.8 Å². The SMILES string of the molecule is Cc1ccccc1CNC(=O)c1nn(-c2ccccc2)cc1O. The number of rotatable bonds is 4. The number of hydrogen-bond acceptors (Lipinski definition) is 3. The number of benzene rings is 2. The Morgan fingerprint density at radius 3 is 2.57 bits per heavy atom.